The lowest BCUT2D eigenvalue weighted by molar-refractivity contribution is 0.369. The van der Waals surface area contributed by atoms with Crippen molar-refractivity contribution in [2.24, 2.45) is 0 Å². The molecule has 0 aromatic carbocycles. The maximum absolute atomic E-state index is 13.2. The molecule has 0 radical (unpaired) electrons. The average Bonchev–Trinajstić information content (AvgIpc) is 2.56. The Labute approximate surface area is 115 Å². The van der Waals surface area contributed by atoms with E-state index in [9.17, 15) is 4.39 Å². The number of unbranched alkanes of at least 4 members (excludes halogenated alkanes) is 1. The van der Waals surface area contributed by atoms with Crippen LogP contribution in [0.5, 0.6) is 0 Å². The fraction of sp³-hybridized carbons (Fsp3) is 0.750. The van der Waals surface area contributed by atoms with Gasteiger partial charge in [0.25, 0.3) is 5.26 Å². The summed E-state index contributed by atoms with van der Waals surface area (Å²) >= 11 is 3.38. The molecule has 1 rings (SSSR count). The van der Waals surface area contributed by atoms with Crippen LogP contribution in [0.4, 0.5) is 4.39 Å². The Morgan fingerprint density at radius 2 is 2.00 bits per heavy atom. The summed E-state index contributed by atoms with van der Waals surface area (Å²) in [5, 5.41) is -0.293. The summed E-state index contributed by atoms with van der Waals surface area (Å²) in [6, 6.07) is 0. The second-order valence-electron chi connectivity index (χ2n) is 4.50. The van der Waals surface area contributed by atoms with E-state index in [2.05, 4.69) is 48.3 Å². The van der Waals surface area contributed by atoms with Gasteiger partial charge in [-0.1, -0.05) is 51.4 Å². The first kappa shape index (κ1) is 14.4. The fourth-order valence-electron chi connectivity index (χ4n) is 2.13. The number of hydrogen-bond donors (Lipinski definition) is 0. The van der Waals surface area contributed by atoms with Crippen molar-refractivity contribution in [1.29, 1.82) is 0 Å². The lowest BCUT2D eigenvalue weighted by atomic mass is 9.78. The first-order valence-electron chi connectivity index (χ1n) is 5.85. The van der Waals surface area contributed by atoms with E-state index in [1.54, 1.807) is 0 Å². The van der Waals surface area contributed by atoms with Crippen molar-refractivity contribution in [3.63, 3.8) is 0 Å². The molecule has 0 spiro atoms. The third-order valence-electron chi connectivity index (χ3n) is 3.02. The van der Waals surface area contributed by atoms with E-state index in [0.29, 0.717) is 0 Å². The molecule has 0 aliphatic carbocycles. The number of halogens is 2. The Morgan fingerprint density at radius 1 is 1.31 bits per heavy atom. The molecule has 16 heavy (non-hydrogen) atoms. The molecule has 92 valence electrons. The summed E-state index contributed by atoms with van der Waals surface area (Å²) in [6.45, 7) is 6.60. The van der Waals surface area contributed by atoms with Crippen LogP contribution < -0.4 is 0 Å². The van der Waals surface area contributed by atoms with Crippen molar-refractivity contribution in [1.82, 2.24) is 4.98 Å². The smallest absolute Gasteiger partial charge is 0.213 e. The van der Waals surface area contributed by atoms with E-state index >= 15 is 0 Å². The molecule has 0 saturated carbocycles. The summed E-state index contributed by atoms with van der Waals surface area (Å²) in [7, 11) is 0. The number of rotatable bonds is 6. The lowest BCUT2D eigenvalue weighted by Crippen LogP contribution is -2.23. The van der Waals surface area contributed by atoms with Gasteiger partial charge < -0.3 is 0 Å². The molecule has 0 saturated heterocycles. The molecule has 1 aromatic rings. The highest BCUT2D eigenvalue weighted by Crippen LogP contribution is 2.38. The van der Waals surface area contributed by atoms with E-state index < -0.39 is 0 Å². The SMILES string of the molecule is CCCCC(C)(CCC)c1nc(F)sc1I. The first-order valence-corrected chi connectivity index (χ1v) is 7.75. The van der Waals surface area contributed by atoms with Crippen molar-refractivity contribution >= 4 is 33.9 Å². The van der Waals surface area contributed by atoms with E-state index in [0.717, 1.165) is 39.2 Å². The third-order valence-corrected chi connectivity index (χ3v) is 4.82. The summed E-state index contributed by atoms with van der Waals surface area (Å²) in [4.78, 5) is 4.10. The van der Waals surface area contributed by atoms with Gasteiger partial charge in [-0.25, -0.2) is 4.98 Å². The first-order chi connectivity index (χ1) is 7.53. The van der Waals surface area contributed by atoms with Crippen LogP contribution in [-0.2, 0) is 5.41 Å². The highest BCUT2D eigenvalue weighted by molar-refractivity contribution is 14.1. The minimum Gasteiger partial charge on any atom is -0.213 e. The van der Waals surface area contributed by atoms with Gasteiger partial charge in [-0.3, -0.25) is 0 Å². The quantitative estimate of drug-likeness (QED) is 0.645. The maximum atomic E-state index is 13.2. The van der Waals surface area contributed by atoms with Crippen LogP contribution in [0.2, 0.25) is 0 Å². The molecule has 0 aliphatic heterocycles. The van der Waals surface area contributed by atoms with Gasteiger partial charge in [0.05, 0.1) is 8.58 Å². The summed E-state index contributed by atoms with van der Waals surface area (Å²) in [5.41, 5.74) is 1.04. The van der Waals surface area contributed by atoms with Crippen LogP contribution >= 0.6 is 33.9 Å². The summed E-state index contributed by atoms with van der Waals surface area (Å²) < 4.78 is 14.2. The van der Waals surface area contributed by atoms with Crippen molar-refractivity contribution in [3.8, 4) is 0 Å². The summed E-state index contributed by atoms with van der Waals surface area (Å²) in [6.07, 6.45) is 5.69. The fourth-order valence-corrected chi connectivity index (χ4v) is 4.12. The standard InChI is InChI=1S/C12H19FINS/c1-4-6-8-12(3,7-5-2)9-10(14)16-11(13)15-9/h4-8H2,1-3H3. The largest absolute Gasteiger partial charge is 0.270 e. The molecular weight excluding hydrogens is 336 g/mol. The molecule has 1 aromatic heterocycles. The number of aromatic nitrogens is 1. The Bertz CT molecular complexity index is 340. The Hall–Kier alpha value is 0.290. The zero-order valence-corrected chi connectivity index (χ0v) is 13.1. The zero-order valence-electron chi connectivity index (χ0n) is 10.1. The lowest BCUT2D eigenvalue weighted by Gasteiger charge is -2.28. The predicted molar refractivity (Wildman–Crippen MR) is 76.6 cm³/mol. The molecule has 1 atom stereocenters. The van der Waals surface area contributed by atoms with Crippen LogP contribution in [0.1, 0.15) is 58.6 Å². The third kappa shape index (κ3) is 3.39. The maximum Gasteiger partial charge on any atom is 0.270 e. The van der Waals surface area contributed by atoms with Gasteiger partial charge in [0.15, 0.2) is 0 Å². The minimum absolute atomic E-state index is 0.0577. The van der Waals surface area contributed by atoms with Crippen LogP contribution in [0, 0.1) is 8.15 Å². The zero-order chi connectivity index (χ0) is 12.2. The van der Waals surface area contributed by atoms with Crippen LogP contribution in [0.3, 0.4) is 0 Å². The molecule has 1 nitrogen and oxygen atoms in total. The normalized spacial score (nSPS) is 15.1. The number of hydrogen-bond acceptors (Lipinski definition) is 2. The topological polar surface area (TPSA) is 12.9 Å². The Kier molecular flexibility index (Phi) is 5.64. The highest BCUT2D eigenvalue weighted by atomic mass is 127. The van der Waals surface area contributed by atoms with E-state index in [4.69, 9.17) is 0 Å². The number of thiazole rings is 1. The van der Waals surface area contributed by atoms with Crippen molar-refractivity contribution in [2.75, 3.05) is 0 Å². The van der Waals surface area contributed by atoms with Gasteiger partial charge in [0.1, 0.15) is 0 Å². The van der Waals surface area contributed by atoms with Gasteiger partial charge in [-0.15, -0.1) is 0 Å². The van der Waals surface area contributed by atoms with E-state index in [1.165, 1.54) is 12.8 Å². The van der Waals surface area contributed by atoms with Gasteiger partial charge in [0, 0.05) is 5.41 Å². The van der Waals surface area contributed by atoms with E-state index in [1.807, 2.05) is 0 Å². The Morgan fingerprint density at radius 3 is 2.44 bits per heavy atom. The monoisotopic (exact) mass is 355 g/mol. The van der Waals surface area contributed by atoms with Gasteiger partial charge in [0.2, 0.25) is 0 Å². The predicted octanol–water partition coefficient (Wildman–Crippen LogP) is 5.13. The number of nitrogens with zero attached hydrogens (tertiary/aromatic N) is 1. The Balaban J connectivity index is 2.95. The van der Waals surface area contributed by atoms with Crippen molar-refractivity contribution < 1.29 is 4.39 Å². The average molecular weight is 355 g/mol. The minimum atomic E-state index is -0.293. The van der Waals surface area contributed by atoms with E-state index in [-0.39, 0.29) is 10.7 Å². The molecule has 0 amide bonds. The van der Waals surface area contributed by atoms with Gasteiger partial charge >= 0.3 is 0 Å². The van der Waals surface area contributed by atoms with Crippen LogP contribution in [0.25, 0.3) is 0 Å². The van der Waals surface area contributed by atoms with Crippen molar-refractivity contribution in [3.05, 3.63) is 13.8 Å². The van der Waals surface area contributed by atoms with Gasteiger partial charge in [-0.2, -0.15) is 4.39 Å². The summed E-state index contributed by atoms with van der Waals surface area (Å²) in [5.74, 6) is 0. The molecule has 0 bridgehead atoms. The highest BCUT2D eigenvalue weighted by Gasteiger charge is 2.30. The molecule has 1 unspecified atom stereocenters. The molecule has 0 aliphatic rings. The molecule has 1 heterocycles. The second-order valence-corrected chi connectivity index (χ2v) is 7.26. The van der Waals surface area contributed by atoms with Crippen LogP contribution in [0.15, 0.2) is 0 Å². The molecule has 4 heteroatoms. The molecule has 0 N–H and O–H groups in total. The van der Waals surface area contributed by atoms with Gasteiger partial charge in [-0.05, 0) is 35.4 Å². The second kappa shape index (κ2) is 6.28. The van der Waals surface area contributed by atoms with Crippen molar-refractivity contribution in [2.45, 2.75) is 58.3 Å². The van der Waals surface area contributed by atoms with Crippen LogP contribution in [-0.4, -0.2) is 4.98 Å². The molecular formula is C12H19FINS. The molecule has 0 fully saturated rings.